The van der Waals surface area contributed by atoms with E-state index in [1.165, 1.54) is 12.1 Å². The maximum absolute atomic E-state index is 5.82. The van der Waals surface area contributed by atoms with Crippen molar-refractivity contribution in [2.24, 2.45) is 5.73 Å². The Labute approximate surface area is 71.8 Å². The van der Waals surface area contributed by atoms with Crippen LogP contribution in [0.3, 0.4) is 0 Å². The first kappa shape index (κ1) is 11.1. The van der Waals surface area contributed by atoms with E-state index in [0.29, 0.717) is 0 Å². The van der Waals surface area contributed by atoms with Gasteiger partial charge < -0.3 is 10.2 Å². The van der Waals surface area contributed by atoms with Gasteiger partial charge in [-0.2, -0.15) is 0 Å². The summed E-state index contributed by atoms with van der Waals surface area (Å²) in [5.41, 5.74) is 5.69. The largest absolute Gasteiger partial charge is 0.416 e. The first-order valence-electron chi connectivity index (χ1n) is 4.52. The highest BCUT2D eigenvalue weighted by Gasteiger charge is 2.13. The second-order valence-corrected chi connectivity index (χ2v) is 6.29. The van der Waals surface area contributed by atoms with E-state index >= 15 is 0 Å². The summed E-state index contributed by atoms with van der Waals surface area (Å²) in [6.07, 6.45) is 0.242. The van der Waals surface area contributed by atoms with Gasteiger partial charge in [-0.3, -0.25) is 0 Å². The van der Waals surface area contributed by atoms with E-state index in [2.05, 4.69) is 20.8 Å². The SMILES string of the molecule is CC[SiH](CC)OC(C)C(C)N. The van der Waals surface area contributed by atoms with Crippen molar-refractivity contribution in [2.45, 2.75) is 51.9 Å². The second kappa shape index (κ2) is 5.74. The molecule has 3 heteroatoms. The summed E-state index contributed by atoms with van der Waals surface area (Å²) < 4.78 is 5.82. The van der Waals surface area contributed by atoms with Crippen LogP contribution in [0.1, 0.15) is 27.7 Å². The van der Waals surface area contributed by atoms with E-state index in [1.54, 1.807) is 0 Å². The van der Waals surface area contributed by atoms with Gasteiger partial charge in [-0.1, -0.05) is 13.8 Å². The van der Waals surface area contributed by atoms with E-state index in [4.69, 9.17) is 10.2 Å². The summed E-state index contributed by atoms with van der Waals surface area (Å²) in [6.45, 7) is 8.47. The molecule has 0 heterocycles. The van der Waals surface area contributed by atoms with Crippen molar-refractivity contribution in [2.75, 3.05) is 0 Å². The molecule has 0 amide bonds. The molecule has 2 unspecified atom stereocenters. The van der Waals surface area contributed by atoms with Gasteiger partial charge in [-0.25, -0.2) is 0 Å². The molecule has 68 valence electrons. The second-order valence-electron chi connectivity index (χ2n) is 3.14. The summed E-state index contributed by atoms with van der Waals surface area (Å²) in [4.78, 5) is 0. The minimum Gasteiger partial charge on any atom is -0.416 e. The minimum atomic E-state index is -0.886. The number of nitrogens with two attached hydrogens (primary N) is 1. The average Bonchev–Trinajstić information content (AvgIpc) is 1.99. The number of hydrogen-bond donors (Lipinski definition) is 1. The first-order valence-corrected chi connectivity index (χ1v) is 6.63. The smallest absolute Gasteiger partial charge is 0.176 e. The Bertz CT molecular complexity index is 94.1. The molecule has 2 nitrogen and oxygen atoms in total. The highest BCUT2D eigenvalue weighted by atomic mass is 28.3. The lowest BCUT2D eigenvalue weighted by Crippen LogP contribution is -2.35. The lowest BCUT2D eigenvalue weighted by molar-refractivity contribution is 0.195. The van der Waals surface area contributed by atoms with Gasteiger partial charge in [0.05, 0.1) is 6.10 Å². The van der Waals surface area contributed by atoms with Crippen LogP contribution in [0.25, 0.3) is 0 Å². The Hall–Kier alpha value is 0.137. The van der Waals surface area contributed by atoms with Crippen molar-refractivity contribution < 1.29 is 4.43 Å². The molecule has 11 heavy (non-hydrogen) atoms. The normalized spacial score (nSPS) is 16.9. The van der Waals surface area contributed by atoms with Gasteiger partial charge in [0.2, 0.25) is 0 Å². The predicted octanol–water partition coefficient (Wildman–Crippen LogP) is 1.50. The van der Waals surface area contributed by atoms with Crippen molar-refractivity contribution in [1.82, 2.24) is 0 Å². The Morgan fingerprint density at radius 1 is 1.27 bits per heavy atom. The first-order chi connectivity index (χ1) is 5.11. The molecule has 0 aromatic carbocycles. The molecular formula is C8H21NOSi. The molecule has 0 saturated heterocycles. The summed E-state index contributed by atoms with van der Waals surface area (Å²) >= 11 is 0. The van der Waals surface area contributed by atoms with Crippen LogP contribution in [0.4, 0.5) is 0 Å². The fourth-order valence-electron chi connectivity index (χ4n) is 0.909. The Balaban J connectivity index is 3.62. The van der Waals surface area contributed by atoms with Crippen molar-refractivity contribution >= 4 is 9.04 Å². The molecule has 0 aliphatic carbocycles. The van der Waals surface area contributed by atoms with Gasteiger partial charge in [0.1, 0.15) is 0 Å². The maximum Gasteiger partial charge on any atom is 0.176 e. The van der Waals surface area contributed by atoms with Gasteiger partial charge >= 0.3 is 0 Å². The van der Waals surface area contributed by atoms with E-state index < -0.39 is 9.04 Å². The minimum absolute atomic E-state index is 0.170. The summed E-state index contributed by atoms with van der Waals surface area (Å²) in [6, 6.07) is 2.60. The third-order valence-corrected chi connectivity index (χ3v) is 4.69. The molecule has 0 fully saturated rings. The highest BCUT2D eigenvalue weighted by molar-refractivity contribution is 6.51. The van der Waals surface area contributed by atoms with Crippen LogP contribution in [-0.2, 0) is 4.43 Å². The molecule has 0 radical (unpaired) electrons. The van der Waals surface area contributed by atoms with Crippen LogP contribution < -0.4 is 5.73 Å². The summed E-state index contributed by atoms with van der Waals surface area (Å²) in [7, 11) is -0.886. The van der Waals surface area contributed by atoms with Crippen LogP contribution in [0.2, 0.25) is 12.1 Å². The van der Waals surface area contributed by atoms with Crippen LogP contribution in [0.5, 0.6) is 0 Å². The molecule has 0 rings (SSSR count). The molecule has 0 saturated carbocycles. The molecule has 0 aromatic heterocycles. The van der Waals surface area contributed by atoms with E-state index in [1.807, 2.05) is 6.92 Å². The predicted molar refractivity (Wildman–Crippen MR) is 52.3 cm³/mol. The van der Waals surface area contributed by atoms with E-state index in [9.17, 15) is 0 Å². The Morgan fingerprint density at radius 2 is 1.73 bits per heavy atom. The molecular weight excluding hydrogens is 154 g/mol. The third-order valence-electron chi connectivity index (χ3n) is 2.06. The highest BCUT2D eigenvalue weighted by Crippen LogP contribution is 2.05. The van der Waals surface area contributed by atoms with Crippen LogP contribution >= 0.6 is 0 Å². The molecule has 0 spiro atoms. The Morgan fingerprint density at radius 3 is 2.00 bits per heavy atom. The van der Waals surface area contributed by atoms with Gasteiger partial charge in [0, 0.05) is 6.04 Å². The van der Waals surface area contributed by atoms with Crippen molar-refractivity contribution in [3.8, 4) is 0 Å². The number of rotatable bonds is 5. The fourth-order valence-corrected chi connectivity index (χ4v) is 2.73. The zero-order chi connectivity index (χ0) is 8.85. The monoisotopic (exact) mass is 175 g/mol. The molecule has 0 bridgehead atoms. The molecule has 2 N–H and O–H groups in total. The molecule has 2 atom stereocenters. The Kier molecular flexibility index (Phi) is 5.82. The molecule has 0 aromatic rings. The van der Waals surface area contributed by atoms with E-state index in [-0.39, 0.29) is 12.1 Å². The standard InChI is InChI=1S/C8H21NOSi/c1-5-11(6-2)10-8(4)7(3)9/h7-8,11H,5-6,9H2,1-4H3. The van der Waals surface area contributed by atoms with Gasteiger partial charge in [-0.15, -0.1) is 0 Å². The quantitative estimate of drug-likeness (QED) is 0.643. The zero-order valence-corrected chi connectivity index (χ0v) is 9.29. The van der Waals surface area contributed by atoms with Crippen LogP contribution in [0.15, 0.2) is 0 Å². The zero-order valence-electron chi connectivity index (χ0n) is 8.13. The molecule has 0 aliphatic heterocycles. The van der Waals surface area contributed by atoms with Gasteiger partial charge in [-0.05, 0) is 25.9 Å². The van der Waals surface area contributed by atoms with E-state index in [0.717, 1.165) is 0 Å². The maximum atomic E-state index is 5.82. The van der Waals surface area contributed by atoms with Crippen molar-refractivity contribution in [3.05, 3.63) is 0 Å². The lowest BCUT2D eigenvalue weighted by atomic mass is 10.2. The third kappa shape index (κ3) is 4.56. The van der Waals surface area contributed by atoms with Gasteiger partial charge in [0.15, 0.2) is 9.04 Å². The van der Waals surface area contributed by atoms with Crippen LogP contribution in [0, 0.1) is 0 Å². The van der Waals surface area contributed by atoms with Gasteiger partial charge in [0.25, 0.3) is 0 Å². The fraction of sp³-hybridized carbons (Fsp3) is 1.00. The van der Waals surface area contributed by atoms with Crippen molar-refractivity contribution in [3.63, 3.8) is 0 Å². The topological polar surface area (TPSA) is 35.2 Å². The van der Waals surface area contributed by atoms with Crippen molar-refractivity contribution in [1.29, 1.82) is 0 Å². The summed E-state index contributed by atoms with van der Waals surface area (Å²) in [5, 5.41) is 0. The average molecular weight is 175 g/mol. The number of hydrogen-bond acceptors (Lipinski definition) is 2. The summed E-state index contributed by atoms with van der Waals surface area (Å²) in [5.74, 6) is 0. The molecule has 0 aliphatic rings. The van der Waals surface area contributed by atoms with Crippen LogP contribution in [-0.4, -0.2) is 21.2 Å². The lowest BCUT2D eigenvalue weighted by Gasteiger charge is -2.22.